The van der Waals surface area contributed by atoms with Crippen LogP contribution in [0.25, 0.3) is 0 Å². The minimum Gasteiger partial charge on any atom is -0.338 e. The molecule has 0 fully saturated rings. The van der Waals surface area contributed by atoms with Crippen molar-refractivity contribution >= 4 is 17.5 Å². The molecule has 1 aromatic rings. The van der Waals surface area contributed by atoms with E-state index in [1.165, 1.54) is 44.9 Å². The van der Waals surface area contributed by atoms with E-state index in [0.717, 1.165) is 37.1 Å². The summed E-state index contributed by atoms with van der Waals surface area (Å²) in [5.41, 5.74) is 2.01. The van der Waals surface area contributed by atoms with Gasteiger partial charge >= 0.3 is 0 Å². The van der Waals surface area contributed by atoms with Crippen LogP contribution in [0.1, 0.15) is 82.4 Å². The zero-order chi connectivity index (χ0) is 18.6. The van der Waals surface area contributed by atoms with Gasteiger partial charge in [0.2, 0.25) is 5.91 Å². The molecule has 26 heavy (non-hydrogen) atoms. The van der Waals surface area contributed by atoms with Gasteiger partial charge in [-0.3, -0.25) is 4.79 Å². The Balaban J connectivity index is 1.54. The van der Waals surface area contributed by atoms with Gasteiger partial charge in [0.05, 0.1) is 5.69 Å². The number of nitrogens with zero attached hydrogens (tertiary/aromatic N) is 3. The van der Waals surface area contributed by atoms with Crippen molar-refractivity contribution in [3.05, 3.63) is 34.6 Å². The standard InChI is InChI=1S/C21H32ClN3O/c1-2-3-4-5-6-7-8-9-10-11-12-13-21(26)25-15-14-19-18(17-25)16-20(22)24-23-19/h5-6,16H,2-4,7-15,17H2,1H3/b6-5-. The predicted molar refractivity (Wildman–Crippen MR) is 107 cm³/mol. The third-order valence-electron chi connectivity index (χ3n) is 4.92. The average molecular weight is 378 g/mol. The number of aromatic nitrogens is 2. The van der Waals surface area contributed by atoms with Gasteiger partial charge in [-0.05, 0) is 37.3 Å². The van der Waals surface area contributed by atoms with E-state index in [1.54, 1.807) is 0 Å². The zero-order valence-electron chi connectivity index (χ0n) is 16.1. The van der Waals surface area contributed by atoms with Crippen molar-refractivity contribution in [2.24, 2.45) is 0 Å². The van der Waals surface area contributed by atoms with Crippen LogP contribution in [-0.2, 0) is 17.8 Å². The van der Waals surface area contributed by atoms with Gasteiger partial charge in [0.25, 0.3) is 0 Å². The molecule has 0 aliphatic carbocycles. The Kier molecular flexibility index (Phi) is 9.68. The third-order valence-corrected chi connectivity index (χ3v) is 5.10. The fourth-order valence-electron chi connectivity index (χ4n) is 3.30. The maximum atomic E-state index is 12.4. The van der Waals surface area contributed by atoms with Crippen LogP contribution in [0, 0.1) is 0 Å². The Bertz CT molecular complexity index is 589. The number of hydrogen-bond acceptors (Lipinski definition) is 3. The number of allylic oxidation sites excluding steroid dienone is 2. The van der Waals surface area contributed by atoms with Crippen LogP contribution in [0.15, 0.2) is 18.2 Å². The number of fused-ring (bicyclic) bond motifs is 1. The van der Waals surface area contributed by atoms with Crippen LogP contribution in [0.3, 0.4) is 0 Å². The average Bonchev–Trinajstić information content (AvgIpc) is 2.65. The molecule has 1 amide bonds. The van der Waals surface area contributed by atoms with E-state index in [1.807, 2.05) is 11.0 Å². The highest BCUT2D eigenvalue weighted by Crippen LogP contribution is 2.20. The summed E-state index contributed by atoms with van der Waals surface area (Å²) in [6.45, 7) is 3.59. The topological polar surface area (TPSA) is 46.1 Å². The molecule has 5 heteroatoms. The SMILES string of the molecule is CCCC/C=C\CCCCCCCC(=O)N1CCc2nnc(Cl)cc2C1. The summed E-state index contributed by atoms with van der Waals surface area (Å²) < 4.78 is 0. The Hall–Kier alpha value is -1.42. The molecule has 0 aromatic carbocycles. The quantitative estimate of drug-likeness (QED) is 0.378. The van der Waals surface area contributed by atoms with Gasteiger partial charge in [0.15, 0.2) is 5.15 Å². The molecule has 0 unspecified atom stereocenters. The molecular weight excluding hydrogens is 346 g/mol. The zero-order valence-corrected chi connectivity index (χ0v) is 16.8. The molecule has 0 atom stereocenters. The number of hydrogen-bond donors (Lipinski definition) is 0. The maximum absolute atomic E-state index is 12.4. The lowest BCUT2D eigenvalue weighted by Gasteiger charge is -2.28. The van der Waals surface area contributed by atoms with Crippen molar-refractivity contribution in [1.29, 1.82) is 0 Å². The number of amides is 1. The Labute approximate surface area is 163 Å². The van der Waals surface area contributed by atoms with Crippen LogP contribution in [0.4, 0.5) is 0 Å². The third kappa shape index (κ3) is 7.45. The van der Waals surface area contributed by atoms with Gasteiger partial charge in [0.1, 0.15) is 0 Å². The minimum absolute atomic E-state index is 0.252. The van der Waals surface area contributed by atoms with Crippen molar-refractivity contribution in [1.82, 2.24) is 15.1 Å². The monoisotopic (exact) mass is 377 g/mol. The van der Waals surface area contributed by atoms with Crippen LogP contribution in [-0.4, -0.2) is 27.5 Å². The number of halogens is 1. The van der Waals surface area contributed by atoms with E-state index in [-0.39, 0.29) is 5.91 Å². The van der Waals surface area contributed by atoms with Crippen molar-refractivity contribution < 1.29 is 4.79 Å². The van der Waals surface area contributed by atoms with Crippen LogP contribution < -0.4 is 0 Å². The van der Waals surface area contributed by atoms with Crippen molar-refractivity contribution in [2.45, 2.75) is 84.1 Å². The number of unbranched alkanes of at least 4 members (excludes halogenated alkanes) is 7. The highest BCUT2D eigenvalue weighted by atomic mass is 35.5. The van der Waals surface area contributed by atoms with Gasteiger partial charge < -0.3 is 4.90 Å². The second-order valence-electron chi connectivity index (χ2n) is 7.12. The minimum atomic E-state index is 0.252. The Morgan fingerprint density at radius 1 is 1.12 bits per heavy atom. The summed E-state index contributed by atoms with van der Waals surface area (Å²) in [6.07, 6.45) is 16.9. The van der Waals surface area contributed by atoms with Gasteiger partial charge in [0, 0.05) is 25.9 Å². The van der Waals surface area contributed by atoms with Gasteiger partial charge in [-0.2, -0.15) is 5.10 Å². The molecule has 0 bridgehead atoms. The Morgan fingerprint density at radius 3 is 2.65 bits per heavy atom. The molecular formula is C21H32ClN3O. The summed E-state index contributed by atoms with van der Waals surface area (Å²) in [5.74, 6) is 0.252. The lowest BCUT2D eigenvalue weighted by atomic mass is 10.0. The van der Waals surface area contributed by atoms with Gasteiger partial charge in [-0.25, -0.2) is 0 Å². The highest BCUT2D eigenvalue weighted by Gasteiger charge is 2.21. The number of carbonyl (C=O) groups is 1. The van der Waals surface area contributed by atoms with Crippen LogP contribution in [0.5, 0.6) is 0 Å². The van der Waals surface area contributed by atoms with E-state index in [2.05, 4.69) is 29.3 Å². The summed E-state index contributed by atoms with van der Waals surface area (Å²) in [6, 6.07) is 1.83. The van der Waals surface area contributed by atoms with Crippen LogP contribution in [0.2, 0.25) is 5.15 Å². The molecule has 144 valence electrons. The summed E-state index contributed by atoms with van der Waals surface area (Å²) in [7, 11) is 0. The first kappa shape index (κ1) is 20.9. The summed E-state index contributed by atoms with van der Waals surface area (Å²) >= 11 is 5.91. The van der Waals surface area contributed by atoms with Crippen molar-refractivity contribution in [3.63, 3.8) is 0 Å². The van der Waals surface area contributed by atoms with Gasteiger partial charge in [-0.1, -0.05) is 62.8 Å². The molecule has 1 aromatic heterocycles. The molecule has 1 aliphatic rings. The second-order valence-corrected chi connectivity index (χ2v) is 7.51. The fourth-order valence-corrected chi connectivity index (χ4v) is 3.47. The van der Waals surface area contributed by atoms with E-state index in [9.17, 15) is 4.79 Å². The first-order valence-corrected chi connectivity index (χ1v) is 10.5. The summed E-state index contributed by atoms with van der Waals surface area (Å²) in [4.78, 5) is 14.3. The molecule has 0 radical (unpaired) electrons. The molecule has 0 saturated carbocycles. The largest absolute Gasteiger partial charge is 0.338 e. The van der Waals surface area contributed by atoms with E-state index >= 15 is 0 Å². The Morgan fingerprint density at radius 2 is 1.85 bits per heavy atom. The number of carbonyl (C=O) groups excluding carboxylic acids is 1. The van der Waals surface area contributed by atoms with E-state index in [4.69, 9.17) is 11.6 Å². The van der Waals surface area contributed by atoms with E-state index in [0.29, 0.717) is 18.1 Å². The molecule has 2 heterocycles. The lowest BCUT2D eigenvalue weighted by molar-refractivity contribution is -0.132. The molecule has 2 rings (SSSR count). The molecule has 0 N–H and O–H groups in total. The first-order chi connectivity index (χ1) is 12.7. The summed E-state index contributed by atoms with van der Waals surface area (Å²) in [5, 5.41) is 8.40. The second kappa shape index (κ2) is 12.1. The van der Waals surface area contributed by atoms with Gasteiger partial charge in [-0.15, -0.1) is 5.10 Å². The highest BCUT2D eigenvalue weighted by molar-refractivity contribution is 6.29. The normalized spacial score (nSPS) is 14.0. The predicted octanol–water partition coefficient (Wildman–Crippen LogP) is 5.49. The number of rotatable bonds is 11. The maximum Gasteiger partial charge on any atom is 0.222 e. The molecule has 4 nitrogen and oxygen atoms in total. The molecule has 0 saturated heterocycles. The fraction of sp³-hybridized carbons (Fsp3) is 0.667. The first-order valence-electron chi connectivity index (χ1n) is 10.1. The lowest BCUT2D eigenvalue weighted by Crippen LogP contribution is -2.36. The van der Waals surface area contributed by atoms with Crippen molar-refractivity contribution in [3.8, 4) is 0 Å². The van der Waals surface area contributed by atoms with Crippen LogP contribution >= 0.6 is 11.6 Å². The molecule has 0 spiro atoms. The van der Waals surface area contributed by atoms with E-state index < -0.39 is 0 Å². The van der Waals surface area contributed by atoms with Crippen molar-refractivity contribution in [2.75, 3.05) is 6.54 Å². The molecule has 1 aliphatic heterocycles. The smallest absolute Gasteiger partial charge is 0.222 e.